The van der Waals surface area contributed by atoms with Crippen LogP contribution in [-0.4, -0.2) is 12.5 Å². The molecular formula is C23H20FNO. The molecule has 0 heterocycles. The monoisotopic (exact) mass is 345 g/mol. The van der Waals surface area contributed by atoms with Crippen LogP contribution < -0.4 is 5.32 Å². The van der Waals surface area contributed by atoms with Crippen molar-refractivity contribution >= 4 is 5.91 Å². The number of benzene rings is 3. The molecule has 4 rings (SSSR count). The molecular weight excluding hydrogens is 325 g/mol. The minimum Gasteiger partial charge on any atom is -0.351 e. The molecule has 0 aromatic heterocycles. The standard InChI is InChI=1S/C23H20FNO/c24-19-10-6-9-17(13-19)22-14-18(20-11-4-5-12-21(20)22)15-25-23(26)16-7-2-1-3-8-16/h1-13,18,22H,14-15H2,(H,25,26)/t18-,22+/m1/s1. The molecule has 0 spiro atoms. The molecule has 130 valence electrons. The Kier molecular flexibility index (Phi) is 4.53. The quantitative estimate of drug-likeness (QED) is 0.718. The lowest BCUT2D eigenvalue weighted by atomic mass is 9.92. The smallest absolute Gasteiger partial charge is 0.251 e. The van der Waals surface area contributed by atoms with E-state index in [1.807, 2.05) is 48.5 Å². The third-order valence-corrected chi connectivity index (χ3v) is 5.13. The number of hydrogen-bond donors (Lipinski definition) is 1. The van der Waals surface area contributed by atoms with Crippen LogP contribution in [0.2, 0.25) is 0 Å². The van der Waals surface area contributed by atoms with Crippen molar-refractivity contribution in [3.8, 4) is 0 Å². The summed E-state index contributed by atoms with van der Waals surface area (Å²) in [4.78, 5) is 12.3. The first kappa shape index (κ1) is 16.5. The third-order valence-electron chi connectivity index (χ3n) is 5.13. The highest BCUT2D eigenvalue weighted by molar-refractivity contribution is 5.94. The summed E-state index contributed by atoms with van der Waals surface area (Å²) in [6.45, 7) is 0.580. The van der Waals surface area contributed by atoms with Gasteiger partial charge in [0.05, 0.1) is 0 Å². The van der Waals surface area contributed by atoms with E-state index in [1.165, 1.54) is 17.2 Å². The largest absolute Gasteiger partial charge is 0.351 e. The minimum absolute atomic E-state index is 0.0581. The fourth-order valence-electron chi connectivity index (χ4n) is 3.88. The van der Waals surface area contributed by atoms with Gasteiger partial charge in [-0.2, -0.15) is 0 Å². The zero-order chi connectivity index (χ0) is 17.9. The van der Waals surface area contributed by atoms with Gasteiger partial charge in [-0.25, -0.2) is 4.39 Å². The van der Waals surface area contributed by atoms with Crippen molar-refractivity contribution in [1.82, 2.24) is 5.32 Å². The Balaban J connectivity index is 1.54. The first-order chi connectivity index (χ1) is 12.7. The van der Waals surface area contributed by atoms with Gasteiger partial charge in [-0.3, -0.25) is 4.79 Å². The molecule has 0 fully saturated rings. The van der Waals surface area contributed by atoms with Gasteiger partial charge in [0.2, 0.25) is 0 Å². The summed E-state index contributed by atoms with van der Waals surface area (Å²) in [6.07, 6.45) is 0.873. The van der Waals surface area contributed by atoms with E-state index < -0.39 is 0 Å². The lowest BCUT2D eigenvalue weighted by Gasteiger charge is -2.14. The predicted molar refractivity (Wildman–Crippen MR) is 101 cm³/mol. The van der Waals surface area contributed by atoms with Crippen LogP contribution >= 0.6 is 0 Å². The van der Waals surface area contributed by atoms with Gasteiger partial charge < -0.3 is 5.32 Å². The summed E-state index contributed by atoms with van der Waals surface area (Å²) >= 11 is 0. The SMILES string of the molecule is O=C(NC[C@H]1C[C@@H](c2cccc(F)c2)c2ccccc21)c1ccccc1. The number of carbonyl (C=O) groups is 1. The summed E-state index contributed by atoms with van der Waals surface area (Å²) in [7, 11) is 0. The van der Waals surface area contributed by atoms with Crippen LogP contribution in [0.5, 0.6) is 0 Å². The highest BCUT2D eigenvalue weighted by Gasteiger charge is 2.31. The summed E-state index contributed by atoms with van der Waals surface area (Å²) in [5.41, 5.74) is 4.14. The molecule has 0 radical (unpaired) electrons. The van der Waals surface area contributed by atoms with Gasteiger partial charge in [0.15, 0.2) is 0 Å². The summed E-state index contributed by atoms with van der Waals surface area (Å²) in [6, 6.07) is 24.4. The Morgan fingerprint density at radius 1 is 0.923 bits per heavy atom. The molecule has 1 N–H and O–H groups in total. The molecule has 1 aliphatic rings. The Morgan fingerprint density at radius 2 is 1.65 bits per heavy atom. The molecule has 1 amide bonds. The maximum absolute atomic E-state index is 13.7. The molecule has 2 nitrogen and oxygen atoms in total. The summed E-state index contributed by atoms with van der Waals surface area (Å²) < 4.78 is 13.7. The van der Waals surface area contributed by atoms with Crippen LogP contribution in [-0.2, 0) is 0 Å². The highest BCUT2D eigenvalue weighted by Crippen LogP contribution is 2.44. The first-order valence-electron chi connectivity index (χ1n) is 8.90. The normalized spacial score (nSPS) is 18.3. The van der Waals surface area contributed by atoms with Crippen molar-refractivity contribution in [3.05, 3.63) is 107 Å². The van der Waals surface area contributed by atoms with E-state index in [1.54, 1.807) is 12.1 Å². The number of carbonyl (C=O) groups excluding carboxylic acids is 1. The van der Waals surface area contributed by atoms with E-state index in [2.05, 4.69) is 17.4 Å². The maximum Gasteiger partial charge on any atom is 0.251 e. The second-order valence-electron chi connectivity index (χ2n) is 6.75. The molecule has 0 saturated heterocycles. The lowest BCUT2D eigenvalue weighted by molar-refractivity contribution is 0.0951. The molecule has 1 aliphatic carbocycles. The van der Waals surface area contributed by atoms with E-state index >= 15 is 0 Å². The molecule has 3 aromatic rings. The van der Waals surface area contributed by atoms with Gasteiger partial charge in [0.25, 0.3) is 5.91 Å². The Bertz CT molecular complexity index is 922. The van der Waals surface area contributed by atoms with Crippen LogP contribution in [0.4, 0.5) is 4.39 Å². The van der Waals surface area contributed by atoms with E-state index in [4.69, 9.17) is 0 Å². The second-order valence-corrected chi connectivity index (χ2v) is 6.75. The molecule has 0 unspecified atom stereocenters. The zero-order valence-corrected chi connectivity index (χ0v) is 14.4. The van der Waals surface area contributed by atoms with E-state index in [-0.39, 0.29) is 23.6 Å². The van der Waals surface area contributed by atoms with Crippen molar-refractivity contribution in [2.24, 2.45) is 0 Å². The Labute approximate surface area is 152 Å². The Morgan fingerprint density at radius 3 is 2.42 bits per heavy atom. The average Bonchev–Trinajstić information content (AvgIpc) is 3.06. The fourth-order valence-corrected chi connectivity index (χ4v) is 3.88. The molecule has 0 bridgehead atoms. The van der Waals surface area contributed by atoms with Gasteiger partial charge in [-0.1, -0.05) is 54.6 Å². The Hall–Kier alpha value is -2.94. The fraction of sp³-hybridized carbons (Fsp3) is 0.174. The van der Waals surface area contributed by atoms with Crippen molar-refractivity contribution < 1.29 is 9.18 Å². The number of hydrogen-bond acceptors (Lipinski definition) is 1. The zero-order valence-electron chi connectivity index (χ0n) is 14.4. The molecule has 26 heavy (non-hydrogen) atoms. The minimum atomic E-state index is -0.208. The topological polar surface area (TPSA) is 29.1 Å². The number of amides is 1. The van der Waals surface area contributed by atoms with Crippen LogP contribution in [0.15, 0.2) is 78.9 Å². The van der Waals surface area contributed by atoms with E-state index in [0.717, 1.165) is 12.0 Å². The van der Waals surface area contributed by atoms with Gasteiger partial charge in [0, 0.05) is 23.9 Å². The van der Waals surface area contributed by atoms with E-state index in [9.17, 15) is 9.18 Å². The summed E-state index contributed by atoms with van der Waals surface area (Å²) in [5, 5.41) is 3.05. The predicted octanol–water partition coefficient (Wildman–Crippen LogP) is 4.87. The number of rotatable bonds is 4. The van der Waals surface area contributed by atoms with Gasteiger partial charge in [-0.15, -0.1) is 0 Å². The molecule has 0 aliphatic heterocycles. The van der Waals surface area contributed by atoms with Crippen LogP contribution in [0, 0.1) is 5.82 Å². The maximum atomic E-state index is 13.7. The van der Waals surface area contributed by atoms with Gasteiger partial charge in [0.1, 0.15) is 5.82 Å². The van der Waals surface area contributed by atoms with Crippen LogP contribution in [0.25, 0.3) is 0 Å². The molecule has 0 saturated carbocycles. The van der Waals surface area contributed by atoms with Crippen molar-refractivity contribution in [2.45, 2.75) is 18.3 Å². The van der Waals surface area contributed by atoms with Crippen LogP contribution in [0.3, 0.4) is 0 Å². The average molecular weight is 345 g/mol. The summed E-state index contributed by atoms with van der Waals surface area (Å²) in [5.74, 6) is 0.130. The number of nitrogens with one attached hydrogen (secondary N) is 1. The highest BCUT2D eigenvalue weighted by atomic mass is 19.1. The number of halogens is 1. The second kappa shape index (κ2) is 7.12. The van der Waals surface area contributed by atoms with Crippen molar-refractivity contribution in [3.63, 3.8) is 0 Å². The van der Waals surface area contributed by atoms with Crippen molar-refractivity contribution in [1.29, 1.82) is 0 Å². The lowest BCUT2D eigenvalue weighted by Crippen LogP contribution is -2.27. The molecule has 2 atom stereocenters. The third kappa shape index (κ3) is 3.25. The van der Waals surface area contributed by atoms with E-state index in [0.29, 0.717) is 12.1 Å². The van der Waals surface area contributed by atoms with Crippen molar-refractivity contribution in [2.75, 3.05) is 6.54 Å². The van der Waals surface area contributed by atoms with Crippen LogP contribution in [0.1, 0.15) is 45.3 Å². The number of fused-ring (bicyclic) bond motifs is 1. The van der Waals surface area contributed by atoms with Gasteiger partial charge >= 0.3 is 0 Å². The first-order valence-corrected chi connectivity index (χ1v) is 8.90. The molecule has 3 heteroatoms. The van der Waals surface area contributed by atoms with Gasteiger partial charge in [-0.05, 0) is 47.4 Å². The molecule has 3 aromatic carbocycles.